The van der Waals surface area contributed by atoms with E-state index in [9.17, 15) is 8.42 Å². The molecule has 0 bridgehead atoms. The number of nitrogens with zero attached hydrogens (tertiary/aromatic N) is 1. The Morgan fingerprint density at radius 3 is 2.29 bits per heavy atom. The average molecular weight is 272 g/mol. The van der Waals surface area contributed by atoms with Crippen LogP contribution >= 0.6 is 12.2 Å². The summed E-state index contributed by atoms with van der Waals surface area (Å²) in [5, 5.41) is 0. The molecule has 0 spiro atoms. The van der Waals surface area contributed by atoms with E-state index in [2.05, 4.69) is 0 Å². The van der Waals surface area contributed by atoms with Crippen LogP contribution in [0.4, 0.5) is 0 Å². The van der Waals surface area contributed by atoms with E-state index in [4.69, 9.17) is 18.0 Å². The van der Waals surface area contributed by atoms with Crippen LogP contribution in [0.3, 0.4) is 0 Å². The van der Waals surface area contributed by atoms with Crippen molar-refractivity contribution in [3.05, 3.63) is 29.8 Å². The summed E-state index contributed by atoms with van der Waals surface area (Å²) in [6, 6.07) is 6.82. The highest BCUT2D eigenvalue weighted by Gasteiger charge is 2.20. The minimum absolute atomic E-state index is 0.0488. The number of nitrogens with two attached hydrogens (primary N) is 1. The molecule has 0 atom stereocenters. The van der Waals surface area contributed by atoms with Crippen LogP contribution in [0, 0.1) is 0 Å². The zero-order valence-corrected chi connectivity index (χ0v) is 11.5. The lowest BCUT2D eigenvalue weighted by atomic mass is 10.2. The Hall–Kier alpha value is -0.980. The maximum atomic E-state index is 12.1. The summed E-state index contributed by atoms with van der Waals surface area (Å²) in [5.41, 5.74) is 6.44. The van der Waals surface area contributed by atoms with Gasteiger partial charge in [0.2, 0.25) is 10.0 Å². The predicted octanol–water partition coefficient (Wildman–Crippen LogP) is 1.16. The molecule has 1 aromatic carbocycles. The summed E-state index contributed by atoms with van der Waals surface area (Å²) < 4.78 is 25.3. The Balaban J connectivity index is 3.00. The second-order valence-electron chi connectivity index (χ2n) is 3.72. The first-order valence-corrected chi connectivity index (χ1v) is 7.06. The fraction of sp³-hybridized carbons (Fsp3) is 0.364. The molecule has 0 fully saturated rings. The van der Waals surface area contributed by atoms with Crippen molar-refractivity contribution in [1.82, 2.24) is 4.31 Å². The third-order valence-corrected chi connectivity index (χ3v) is 4.36. The van der Waals surface area contributed by atoms with Gasteiger partial charge in [0.1, 0.15) is 0 Å². The first-order chi connectivity index (χ1) is 7.87. The molecule has 0 saturated carbocycles. The van der Waals surface area contributed by atoms with Crippen molar-refractivity contribution in [3.63, 3.8) is 0 Å². The number of sulfonamides is 1. The fourth-order valence-corrected chi connectivity index (χ4v) is 2.81. The molecule has 1 aromatic rings. The number of benzene rings is 1. The largest absolute Gasteiger partial charge is 0.392 e. The van der Waals surface area contributed by atoms with Gasteiger partial charge in [-0.15, -0.1) is 0 Å². The zero-order valence-electron chi connectivity index (χ0n) is 9.88. The number of rotatable bonds is 5. The van der Waals surface area contributed by atoms with Gasteiger partial charge in [-0.3, -0.25) is 0 Å². The van der Waals surface area contributed by atoms with Crippen LogP contribution in [-0.2, 0) is 16.4 Å². The summed E-state index contributed by atoms with van der Waals surface area (Å²) in [5.74, 6) is 0. The van der Waals surface area contributed by atoms with Crippen LogP contribution in [-0.4, -0.2) is 31.3 Å². The lowest BCUT2D eigenvalue weighted by Gasteiger charge is -2.16. The van der Waals surface area contributed by atoms with Gasteiger partial charge < -0.3 is 5.73 Å². The number of hydrogen-bond acceptors (Lipinski definition) is 3. The van der Waals surface area contributed by atoms with E-state index in [0.29, 0.717) is 0 Å². The second-order valence-corrected chi connectivity index (χ2v) is 6.29. The van der Waals surface area contributed by atoms with Crippen molar-refractivity contribution in [2.24, 2.45) is 5.73 Å². The highest BCUT2D eigenvalue weighted by atomic mass is 32.2. The Morgan fingerprint density at radius 1 is 1.35 bits per heavy atom. The van der Waals surface area contributed by atoms with Crippen LogP contribution < -0.4 is 5.73 Å². The van der Waals surface area contributed by atoms with Crippen LogP contribution in [0.15, 0.2) is 29.2 Å². The number of likely N-dealkylation sites (N-methyl/N-ethyl adjacent to an activating group) is 1. The van der Waals surface area contributed by atoms with E-state index in [1.807, 2.05) is 19.1 Å². The highest BCUT2D eigenvalue weighted by molar-refractivity contribution is 7.89. The number of thiocarbonyl (C=S) groups is 1. The van der Waals surface area contributed by atoms with Crippen molar-refractivity contribution in [3.8, 4) is 0 Å². The topological polar surface area (TPSA) is 63.4 Å². The molecular formula is C11H16N2O2S2. The molecule has 0 unspecified atom stereocenters. The van der Waals surface area contributed by atoms with E-state index in [0.717, 1.165) is 16.3 Å². The molecule has 1 rings (SSSR count). The van der Waals surface area contributed by atoms with Gasteiger partial charge in [0, 0.05) is 7.05 Å². The Bertz CT molecular complexity index is 495. The molecule has 17 heavy (non-hydrogen) atoms. The molecule has 0 aliphatic carbocycles. The average Bonchev–Trinajstić information content (AvgIpc) is 2.28. The standard InChI is InChI=1S/C11H16N2O2S2/c1-3-9-4-6-10(7-5-9)17(14,15)13(2)8-11(12)16/h4-7H,3,8H2,1-2H3,(H2,12,16). The van der Waals surface area contributed by atoms with E-state index < -0.39 is 10.0 Å². The quantitative estimate of drug-likeness (QED) is 0.817. The van der Waals surface area contributed by atoms with E-state index in [1.54, 1.807) is 12.1 Å². The van der Waals surface area contributed by atoms with Crippen LogP contribution in [0.2, 0.25) is 0 Å². The Morgan fingerprint density at radius 2 is 1.88 bits per heavy atom. The van der Waals surface area contributed by atoms with Gasteiger partial charge in [-0.25, -0.2) is 8.42 Å². The highest BCUT2D eigenvalue weighted by Crippen LogP contribution is 2.15. The molecule has 0 heterocycles. The minimum atomic E-state index is -3.49. The van der Waals surface area contributed by atoms with Gasteiger partial charge in [0.25, 0.3) is 0 Å². The smallest absolute Gasteiger partial charge is 0.243 e. The lowest BCUT2D eigenvalue weighted by molar-refractivity contribution is 0.506. The molecule has 2 N–H and O–H groups in total. The molecule has 94 valence electrons. The minimum Gasteiger partial charge on any atom is -0.392 e. The molecule has 0 amide bonds. The van der Waals surface area contributed by atoms with E-state index in [1.165, 1.54) is 7.05 Å². The van der Waals surface area contributed by atoms with E-state index in [-0.39, 0.29) is 16.4 Å². The maximum Gasteiger partial charge on any atom is 0.243 e. The summed E-state index contributed by atoms with van der Waals surface area (Å²) in [4.78, 5) is 0.412. The number of hydrogen-bond donors (Lipinski definition) is 1. The van der Waals surface area contributed by atoms with Gasteiger partial charge in [0.05, 0.1) is 16.4 Å². The monoisotopic (exact) mass is 272 g/mol. The Labute approximate surface area is 107 Å². The van der Waals surface area contributed by atoms with Crippen LogP contribution in [0.25, 0.3) is 0 Å². The predicted molar refractivity (Wildman–Crippen MR) is 72.4 cm³/mol. The third-order valence-electron chi connectivity index (χ3n) is 2.42. The SMILES string of the molecule is CCc1ccc(S(=O)(=O)N(C)CC(N)=S)cc1. The van der Waals surface area contributed by atoms with Gasteiger partial charge in [-0.2, -0.15) is 4.31 Å². The van der Waals surface area contributed by atoms with Gasteiger partial charge >= 0.3 is 0 Å². The maximum absolute atomic E-state index is 12.1. The van der Waals surface area contributed by atoms with Gasteiger partial charge in [0.15, 0.2) is 0 Å². The molecule has 0 radical (unpaired) electrons. The van der Waals surface area contributed by atoms with Crippen LogP contribution in [0.5, 0.6) is 0 Å². The summed E-state index contributed by atoms with van der Waals surface area (Å²) >= 11 is 4.70. The summed E-state index contributed by atoms with van der Waals surface area (Å²) in [7, 11) is -2.03. The first kappa shape index (κ1) is 14.1. The van der Waals surface area contributed by atoms with Crippen molar-refractivity contribution >= 4 is 27.2 Å². The van der Waals surface area contributed by atoms with Crippen molar-refractivity contribution in [2.45, 2.75) is 18.2 Å². The van der Waals surface area contributed by atoms with E-state index >= 15 is 0 Å². The summed E-state index contributed by atoms with van der Waals surface area (Å²) in [6.45, 7) is 2.07. The van der Waals surface area contributed by atoms with Crippen molar-refractivity contribution in [2.75, 3.05) is 13.6 Å². The molecule has 0 aliphatic heterocycles. The molecule has 6 heteroatoms. The molecule has 0 saturated heterocycles. The first-order valence-electron chi connectivity index (χ1n) is 5.21. The third kappa shape index (κ3) is 3.49. The van der Waals surface area contributed by atoms with Gasteiger partial charge in [-0.1, -0.05) is 31.3 Å². The molecule has 4 nitrogen and oxygen atoms in total. The fourth-order valence-electron chi connectivity index (χ4n) is 1.38. The van der Waals surface area contributed by atoms with Crippen LogP contribution in [0.1, 0.15) is 12.5 Å². The molecular weight excluding hydrogens is 256 g/mol. The Kier molecular flexibility index (Phi) is 4.62. The van der Waals surface area contributed by atoms with Gasteiger partial charge in [-0.05, 0) is 24.1 Å². The van der Waals surface area contributed by atoms with Crippen molar-refractivity contribution in [1.29, 1.82) is 0 Å². The normalized spacial score (nSPS) is 11.7. The molecule has 0 aliphatic rings. The lowest BCUT2D eigenvalue weighted by Crippen LogP contribution is -2.34. The molecule has 0 aromatic heterocycles. The summed E-state index contributed by atoms with van der Waals surface area (Å²) in [6.07, 6.45) is 0.878. The zero-order chi connectivity index (χ0) is 13.1. The second kappa shape index (κ2) is 5.57. The van der Waals surface area contributed by atoms with Crippen molar-refractivity contribution < 1.29 is 8.42 Å². The number of aryl methyl sites for hydroxylation is 1.